The van der Waals surface area contributed by atoms with Crippen LogP contribution in [-0.4, -0.2) is 11.5 Å². The fourth-order valence-corrected chi connectivity index (χ4v) is 1.95. The van der Waals surface area contributed by atoms with Crippen molar-refractivity contribution in [3.8, 4) is 11.5 Å². The summed E-state index contributed by atoms with van der Waals surface area (Å²) in [6.45, 7) is 3.88. The van der Waals surface area contributed by atoms with E-state index in [4.69, 9.17) is 4.42 Å². The van der Waals surface area contributed by atoms with Crippen molar-refractivity contribution in [1.29, 1.82) is 0 Å². The summed E-state index contributed by atoms with van der Waals surface area (Å²) in [6.07, 6.45) is 0.939. The molecule has 1 N–H and O–H groups in total. The number of aromatic nitrogens is 1. The Kier molecular flexibility index (Phi) is 2.26. The van der Waals surface area contributed by atoms with E-state index >= 15 is 0 Å². The van der Waals surface area contributed by atoms with Crippen LogP contribution in [0, 0.1) is 6.92 Å². The van der Waals surface area contributed by atoms with Crippen LogP contribution in [0.4, 0.5) is 0 Å². The zero-order chi connectivity index (χ0) is 11.0. The summed E-state index contributed by atoms with van der Waals surface area (Å²) in [4.78, 5) is 4.52. The van der Waals surface area contributed by atoms with Crippen LogP contribution < -0.4 is 5.32 Å². The van der Waals surface area contributed by atoms with Gasteiger partial charge in [0.15, 0.2) is 0 Å². The molecule has 0 spiro atoms. The summed E-state index contributed by atoms with van der Waals surface area (Å²) < 4.78 is 5.78. The maximum atomic E-state index is 5.78. The van der Waals surface area contributed by atoms with E-state index in [1.54, 1.807) is 0 Å². The Morgan fingerprint density at radius 1 is 1.25 bits per heavy atom. The number of benzene rings is 1. The molecular formula is C13H14N2O. The third-order valence-corrected chi connectivity index (χ3v) is 2.90. The second-order valence-electron chi connectivity index (χ2n) is 4.18. The molecule has 2 aromatic rings. The van der Waals surface area contributed by atoms with Gasteiger partial charge in [-0.2, -0.15) is 0 Å². The Bertz CT molecular complexity index is 476. The lowest BCUT2D eigenvalue weighted by Gasteiger charge is -2.08. The van der Waals surface area contributed by atoms with Gasteiger partial charge in [-0.05, 0) is 19.1 Å². The van der Waals surface area contributed by atoms with Crippen LogP contribution >= 0.6 is 0 Å². The minimum absolute atomic E-state index is 0.744. The maximum Gasteiger partial charge on any atom is 0.226 e. The molecule has 0 fully saturated rings. The molecule has 1 aromatic heterocycles. The number of nitrogens with zero attached hydrogens (tertiary/aromatic N) is 1. The first-order valence-corrected chi connectivity index (χ1v) is 5.59. The van der Waals surface area contributed by atoms with Gasteiger partial charge in [0.2, 0.25) is 5.89 Å². The Balaban J connectivity index is 2.00. The van der Waals surface area contributed by atoms with Crippen LogP contribution in [0.5, 0.6) is 0 Å². The zero-order valence-corrected chi connectivity index (χ0v) is 9.29. The van der Waals surface area contributed by atoms with Crippen molar-refractivity contribution < 1.29 is 4.42 Å². The number of fused-ring (bicyclic) bond motifs is 1. The lowest BCUT2D eigenvalue weighted by Crippen LogP contribution is -2.22. The van der Waals surface area contributed by atoms with Gasteiger partial charge >= 0.3 is 0 Å². The van der Waals surface area contributed by atoms with Crippen molar-refractivity contribution in [1.82, 2.24) is 10.3 Å². The van der Waals surface area contributed by atoms with E-state index in [-0.39, 0.29) is 0 Å². The smallest absolute Gasteiger partial charge is 0.226 e. The molecule has 0 saturated heterocycles. The average molecular weight is 214 g/mol. The summed E-state index contributed by atoms with van der Waals surface area (Å²) in [5, 5.41) is 3.29. The van der Waals surface area contributed by atoms with Crippen LogP contribution in [0.2, 0.25) is 0 Å². The fourth-order valence-electron chi connectivity index (χ4n) is 1.95. The summed E-state index contributed by atoms with van der Waals surface area (Å²) >= 11 is 0. The largest absolute Gasteiger partial charge is 0.441 e. The Hall–Kier alpha value is -1.61. The maximum absolute atomic E-state index is 5.78. The third-order valence-electron chi connectivity index (χ3n) is 2.90. The minimum Gasteiger partial charge on any atom is -0.441 e. The predicted molar refractivity (Wildman–Crippen MR) is 62.1 cm³/mol. The summed E-state index contributed by atoms with van der Waals surface area (Å²) in [5.41, 5.74) is 3.36. The van der Waals surface area contributed by atoms with Crippen LogP contribution in [0.25, 0.3) is 11.5 Å². The van der Waals surface area contributed by atoms with Gasteiger partial charge in [0.1, 0.15) is 5.76 Å². The first-order valence-electron chi connectivity index (χ1n) is 5.59. The third kappa shape index (κ3) is 1.63. The van der Waals surface area contributed by atoms with Gasteiger partial charge in [0.25, 0.3) is 0 Å². The minimum atomic E-state index is 0.744. The second-order valence-corrected chi connectivity index (χ2v) is 4.18. The molecular weight excluding hydrogens is 200 g/mol. The van der Waals surface area contributed by atoms with Crippen molar-refractivity contribution in [2.24, 2.45) is 0 Å². The van der Waals surface area contributed by atoms with Crippen molar-refractivity contribution in [3.63, 3.8) is 0 Å². The number of oxazole rings is 1. The Morgan fingerprint density at radius 3 is 2.81 bits per heavy atom. The summed E-state index contributed by atoms with van der Waals surface area (Å²) in [5.74, 6) is 1.78. The van der Waals surface area contributed by atoms with E-state index in [0.29, 0.717) is 0 Å². The highest BCUT2D eigenvalue weighted by Crippen LogP contribution is 2.23. The van der Waals surface area contributed by atoms with Gasteiger partial charge in [-0.3, -0.25) is 0 Å². The van der Waals surface area contributed by atoms with E-state index in [9.17, 15) is 0 Å². The molecule has 1 aromatic carbocycles. The van der Waals surface area contributed by atoms with Gasteiger partial charge < -0.3 is 9.73 Å². The van der Waals surface area contributed by atoms with E-state index in [0.717, 1.165) is 42.4 Å². The lowest BCUT2D eigenvalue weighted by molar-refractivity contribution is 0.483. The number of nitrogens with one attached hydrogen (secondary N) is 1. The van der Waals surface area contributed by atoms with Crippen molar-refractivity contribution in [3.05, 3.63) is 41.3 Å². The molecule has 0 bridgehead atoms. The lowest BCUT2D eigenvalue weighted by atomic mass is 10.1. The van der Waals surface area contributed by atoms with Gasteiger partial charge in [-0.15, -0.1) is 0 Å². The molecule has 1 aliphatic rings. The highest BCUT2D eigenvalue weighted by molar-refractivity contribution is 5.54. The molecule has 3 heteroatoms. The van der Waals surface area contributed by atoms with Gasteiger partial charge in [-0.25, -0.2) is 4.98 Å². The normalized spacial score (nSPS) is 14.8. The highest BCUT2D eigenvalue weighted by Gasteiger charge is 2.17. The number of rotatable bonds is 1. The zero-order valence-electron chi connectivity index (χ0n) is 9.29. The quantitative estimate of drug-likeness (QED) is 0.791. The van der Waals surface area contributed by atoms with Gasteiger partial charge in [-0.1, -0.05) is 17.7 Å². The average Bonchev–Trinajstić information content (AvgIpc) is 2.73. The van der Waals surface area contributed by atoms with Crippen molar-refractivity contribution in [2.75, 3.05) is 6.54 Å². The molecule has 0 atom stereocenters. The van der Waals surface area contributed by atoms with E-state index < -0.39 is 0 Å². The fraction of sp³-hybridized carbons (Fsp3) is 0.308. The first kappa shape index (κ1) is 9.60. The molecule has 3 rings (SSSR count). The van der Waals surface area contributed by atoms with Gasteiger partial charge in [0.05, 0.1) is 5.69 Å². The predicted octanol–water partition coefficient (Wildman–Crippen LogP) is 2.30. The molecule has 0 aliphatic carbocycles. The molecule has 82 valence electrons. The topological polar surface area (TPSA) is 38.1 Å². The monoisotopic (exact) mass is 214 g/mol. The van der Waals surface area contributed by atoms with Crippen molar-refractivity contribution in [2.45, 2.75) is 19.9 Å². The number of hydrogen-bond donors (Lipinski definition) is 1. The number of hydrogen-bond acceptors (Lipinski definition) is 3. The SMILES string of the molecule is Cc1ccc(-c2nc3c(o2)CCNC3)cc1. The molecule has 0 unspecified atom stereocenters. The van der Waals surface area contributed by atoms with Crippen LogP contribution in [-0.2, 0) is 13.0 Å². The summed E-state index contributed by atoms with van der Waals surface area (Å²) in [7, 11) is 0. The first-order chi connectivity index (χ1) is 7.83. The van der Waals surface area contributed by atoms with Gasteiger partial charge in [0, 0.05) is 25.1 Å². The standard InChI is InChI=1S/C13H14N2O/c1-9-2-4-10(5-3-9)13-15-11-8-14-7-6-12(11)16-13/h2-5,14H,6-8H2,1H3. The van der Waals surface area contributed by atoms with E-state index in [1.807, 2.05) is 0 Å². The van der Waals surface area contributed by atoms with Crippen molar-refractivity contribution >= 4 is 0 Å². The van der Waals surface area contributed by atoms with Crippen LogP contribution in [0.3, 0.4) is 0 Å². The highest BCUT2D eigenvalue weighted by atomic mass is 16.4. The molecule has 0 amide bonds. The molecule has 3 nitrogen and oxygen atoms in total. The molecule has 16 heavy (non-hydrogen) atoms. The molecule has 0 radical (unpaired) electrons. The van der Waals surface area contributed by atoms with E-state index in [2.05, 4.69) is 41.5 Å². The molecule has 1 aliphatic heterocycles. The van der Waals surface area contributed by atoms with Crippen LogP contribution in [0.1, 0.15) is 17.0 Å². The second kappa shape index (κ2) is 3.76. The Labute approximate surface area is 94.5 Å². The molecule has 2 heterocycles. The summed E-state index contributed by atoms with van der Waals surface area (Å²) in [6, 6.07) is 8.27. The van der Waals surface area contributed by atoms with Crippen LogP contribution in [0.15, 0.2) is 28.7 Å². The number of aryl methyl sites for hydroxylation is 1. The Morgan fingerprint density at radius 2 is 2.06 bits per heavy atom. The van der Waals surface area contributed by atoms with E-state index in [1.165, 1.54) is 5.56 Å². The molecule has 0 saturated carbocycles.